The van der Waals surface area contributed by atoms with Gasteiger partial charge in [-0.1, -0.05) is 12.1 Å². The third-order valence-electron chi connectivity index (χ3n) is 2.83. The number of carbonyl (C=O) groups excluding carboxylic acids is 1. The molecule has 0 unspecified atom stereocenters. The van der Waals surface area contributed by atoms with Gasteiger partial charge >= 0.3 is 0 Å². The third kappa shape index (κ3) is 2.80. The number of carbonyl (C=O) groups is 1. The van der Waals surface area contributed by atoms with Gasteiger partial charge in [0.25, 0.3) is 0 Å². The van der Waals surface area contributed by atoms with Gasteiger partial charge in [-0.3, -0.25) is 9.69 Å². The molecule has 3 nitrogen and oxygen atoms in total. The molecule has 0 saturated carbocycles. The number of rotatable bonds is 2. The summed E-state index contributed by atoms with van der Waals surface area (Å²) in [5.41, 5.74) is 3.27. The minimum atomic E-state index is -0.0599. The Bertz CT molecular complexity index is 639. The van der Waals surface area contributed by atoms with Crippen LogP contribution in [0.2, 0.25) is 0 Å². The Morgan fingerprint density at radius 3 is 2.32 bits per heavy atom. The fourth-order valence-corrected chi connectivity index (χ4v) is 1.96. The Labute approximate surface area is 112 Å². The summed E-state index contributed by atoms with van der Waals surface area (Å²) in [7, 11) is 0. The molecule has 19 heavy (non-hydrogen) atoms. The van der Waals surface area contributed by atoms with E-state index >= 15 is 0 Å². The highest BCUT2D eigenvalue weighted by molar-refractivity contribution is 5.99. The number of nitriles is 1. The summed E-state index contributed by atoms with van der Waals surface area (Å²) >= 11 is 0. The van der Waals surface area contributed by atoms with E-state index in [1.807, 2.05) is 31.2 Å². The number of hydrogen-bond donors (Lipinski definition) is 0. The molecule has 0 spiro atoms. The van der Waals surface area contributed by atoms with Crippen LogP contribution in [0.1, 0.15) is 18.1 Å². The van der Waals surface area contributed by atoms with Gasteiger partial charge in [-0.2, -0.15) is 5.26 Å². The Kier molecular flexibility index (Phi) is 3.63. The number of benzene rings is 2. The highest BCUT2D eigenvalue weighted by Crippen LogP contribution is 2.26. The molecule has 0 saturated heterocycles. The first-order chi connectivity index (χ1) is 9.11. The third-order valence-corrected chi connectivity index (χ3v) is 2.83. The van der Waals surface area contributed by atoms with Crippen LogP contribution < -0.4 is 4.90 Å². The zero-order valence-electron chi connectivity index (χ0n) is 10.9. The predicted octanol–water partition coefficient (Wildman–Crippen LogP) is 3.55. The van der Waals surface area contributed by atoms with Crippen molar-refractivity contribution >= 4 is 17.3 Å². The molecule has 94 valence electrons. The first kappa shape index (κ1) is 12.8. The van der Waals surface area contributed by atoms with E-state index in [4.69, 9.17) is 5.26 Å². The summed E-state index contributed by atoms with van der Waals surface area (Å²) in [5.74, 6) is -0.0599. The van der Waals surface area contributed by atoms with Crippen molar-refractivity contribution < 1.29 is 4.79 Å². The summed E-state index contributed by atoms with van der Waals surface area (Å²) in [4.78, 5) is 13.5. The summed E-state index contributed by atoms with van der Waals surface area (Å²) in [6.07, 6.45) is 0. The molecule has 1 amide bonds. The van der Waals surface area contributed by atoms with E-state index in [1.165, 1.54) is 6.92 Å². The maximum atomic E-state index is 11.9. The van der Waals surface area contributed by atoms with Crippen LogP contribution in [0.5, 0.6) is 0 Å². The second-order valence-electron chi connectivity index (χ2n) is 4.35. The fourth-order valence-electron chi connectivity index (χ4n) is 1.96. The van der Waals surface area contributed by atoms with Crippen molar-refractivity contribution in [2.45, 2.75) is 13.8 Å². The second-order valence-corrected chi connectivity index (χ2v) is 4.35. The molecule has 0 aliphatic heterocycles. The molecular weight excluding hydrogens is 236 g/mol. The molecule has 0 radical (unpaired) electrons. The SMILES string of the molecule is CC(=O)N(c1ccc(C#N)cc1)c1cccc(C)c1. The van der Waals surface area contributed by atoms with Gasteiger partial charge in [-0.25, -0.2) is 0 Å². The van der Waals surface area contributed by atoms with E-state index in [0.717, 1.165) is 16.9 Å². The van der Waals surface area contributed by atoms with Gasteiger partial charge in [-0.05, 0) is 48.9 Å². The van der Waals surface area contributed by atoms with Gasteiger partial charge in [0, 0.05) is 18.3 Å². The highest BCUT2D eigenvalue weighted by Gasteiger charge is 2.13. The van der Waals surface area contributed by atoms with Crippen LogP contribution in [-0.4, -0.2) is 5.91 Å². The van der Waals surface area contributed by atoms with Gasteiger partial charge in [-0.15, -0.1) is 0 Å². The molecule has 0 aliphatic rings. The van der Waals surface area contributed by atoms with Crippen molar-refractivity contribution in [1.82, 2.24) is 0 Å². The molecule has 0 aromatic heterocycles. The number of aryl methyl sites for hydroxylation is 1. The summed E-state index contributed by atoms with van der Waals surface area (Å²) in [6, 6.07) is 16.8. The number of hydrogen-bond acceptors (Lipinski definition) is 2. The number of amides is 1. The average molecular weight is 250 g/mol. The van der Waals surface area contributed by atoms with Crippen LogP contribution >= 0.6 is 0 Å². The number of nitrogens with zero attached hydrogens (tertiary/aromatic N) is 2. The van der Waals surface area contributed by atoms with Crippen molar-refractivity contribution in [2.24, 2.45) is 0 Å². The molecule has 0 aliphatic carbocycles. The van der Waals surface area contributed by atoms with E-state index < -0.39 is 0 Å². The molecule has 3 heteroatoms. The van der Waals surface area contributed by atoms with Gasteiger partial charge in [0.1, 0.15) is 0 Å². The lowest BCUT2D eigenvalue weighted by molar-refractivity contribution is -0.115. The molecule has 2 aromatic rings. The summed E-state index contributed by atoms with van der Waals surface area (Å²) < 4.78 is 0. The molecule has 0 heterocycles. The first-order valence-corrected chi connectivity index (χ1v) is 5.99. The molecule has 0 fully saturated rings. The van der Waals surface area contributed by atoms with Crippen LogP contribution in [0, 0.1) is 18.3 Å². The van der Waals surface area contributed by atoms with Gasteiger partial charge < -0.3 is 0 Å². The molecule has 2 rings (SSSR count). The van der Waals surface area contributed by atoms with Gasteiger partial charge in [0.05, 0.1) is 11.6 Å². The van der Waals surface area contributed by atoms with Crippen LogP contribution in [-0.2, 0) is 4.79 Å². The standard InChI is InChI=1S/C16H14N2O/c1-12-4-3-5-16(10-12)18(13(2)19)15-8-6-14(11-17)7-9-15/h3-10H,1-2H3. The predicted molar refractivity (Wildman–Crippen MR) is 75.2 cm³/mol. The maximum absolute atomic E-state index is 11.9. The van der Waals surface area contributed by atoms with E-state index in [9.17, 15) is 4.79 Å². The average Bonchev–Trinajstić information content (AvgIpc) is 2.39. The van der Waals surface area contributed by atoms with Crippen molar-refractivity contribution in [2.75, 3.05) is 4.90 Å². The normalized spacial score (nSPS) is 9.74. The van der Waals surface area contributed by atoms with Crippen LogP contribution in [0.3, 0.4) is 0 Å². The molecular formula is C16H14N2O. The second kappa shape index (κ2) is 5.36. The Balaban J connectivity index is 2.46. The van der Waals surface area contributed by atoms with E-state index in [0.29, 0.717) is 5.56 Å². The zero-order chi connectivity index (χ0) is 13.8. The first-order valence-electron chi connectivity index (χ1n) is 5.99. The fraction of sp³-hybridized carbons (Fsp3) is 0.125. The molecule has 0 atom stereocenters. The molecule has 0 bridgehead atoms. The minimum Gasteiger partial charge on any atom is -0.281 e. The lowest BCUT2D eigenvalue weighted by Crippen LogP contribution is -2.22. The highest BCUT2D eigenvalue weighted by atomic mass is 16.2. The largest absolute Gasteiger partial charge is 0.281 e. The zero-order valence-corrected chi connectivity index (χ0v) is 10.9. The van der Waals surface area contributed by atoms with Crippen molar-refractivity contribution in [1.29, 1.82) is 5.26 Å². The smallest absolute Gasteiger partial charge is 0.228 e. The van der Waals surface area contributed by atoms with E-state index in [-0.39, 0.29) is 5.91 Å². The van der Waals surface area contributed by atoms with Crippen molar-refractivity contribution in [3.05, 3.63) is 59.7 Å². The quantitative estimate of drug-likeness (QED) is 0.818. The topological polar surface area (TPSA) is 44.1 Å². The van der Waals surface area contributed by atoms with E-state index in [2.05, 4.69) is 6.07 Å². The monoisotopic (exact) mass is 250 g/mol. The summed E-state index contributed by atoms with van der Waals surface area (Å²) in [6.45, 7) is 3.52. The number of anilines is 2. The van der Waals surface area contributed by atoms with E-state index in [1.54, 1.807) is 29.2 Å². The van der Waals surface area contributed by atoms with Crippen LogP contribution in [0.4, 0.5) is 11.4 Å². The Morgan fingerprint density at radius 1 is 1.11 bits per heavy atom. The van der Waals surface area contributed by atoms with Crippen LogP contribution in [0.15, 0.2) is 48.5 Å². The van der Waals surface area contributed by atoms with Gasteiger partial charge in [0.2, 0.25) is 5.91 Å². The lowest BCUT2D eigenvalue weighted by atomic mass is 10.1. The maximum Gasteiger partial charge on any atom is 0.228 e. The lowest BCUT2D eigenvalue weighted by Gasteiger charge is -2.21. The van der Waals surface area contributed by atoms with Crippen molar-refractivity contribution in [3.8, 4) is 6.07 Å². The minimum absolute atomic E-state index is 0.0599. The molecule has 0 N–H and O–H groups in total. The Morgan fingerprint density at radius 2 is 1.79 bits per heavy atom. The molecule has 2 aromatic carbocycles. The Hall–Kier alpha value is -2.60. The van der Waals surface area contributed by atoms with Gasteiger partial charge in [0.15, 0.2) is 0 Å². The summed E-state index contributed by atoms with van der Waals surface area (Å²) in [5, 5.41) is 8.80. The van der Waals surface area contributed by atoms with Crippen molar-refractivity contribution in [3.63, 3.8) is 0 Å². The van der Waals surface area contributed by atoms with Crippen LogP contribution in [0.25, 0.3) is 0 Å².